The SMILES string of the molecule is O=S(=O)(CCO)c1ccc2oc(-c3ccc4ccccc4c3)nc2c1. The number of rotatable bonds is 4. The van der Waals surface area contributed by atoms with Crippen molar-refractivity contribution in [3.8, 4) is 11.5 Å². The first-order valence-corrected chi connectivity index (χ1v) is 9.45. The third kappa shape index (κ3) is 2.90. The van der Waals surface area contributed by atoms with Crippen LogP contribution in [-0.4, -0.2) is 30.9 Å². The molecule has 0 spiro atoms. The molecule has 1 heterocycles. The Hall–Kier alpha value is -2.70. The van der Waals surface area contributed by atoms with Gasteiger partial charge in [-0.1, -0.05) is 30.3 Å². The molecule has 3 aromatic carbocycles. The van der Waals surface area contributed by atoms with Crippen LogP contribution in [0.4, 0.5) is 0 Å². The largest absolute Gasteiger partial charge is 0.436 e. The van der Waals surface area contributed by atoms with Gasteiger partial charge in [0.1, 0.15) is 5.52 Å². The standard InChI is InChI=1S/C19H15NO4S/c21-9-10-25(22,23)16-7-8-18-17(12-16)20-19(24-18)15-6-5-13-3-1-2-4-14(13)11-15/h1-8,11-12,21H,9-10H2. The van der Waals surface area contributed by atoms with Crippen LogP contribution in [0.2, 0.25) is 0 Å². The zero-order valence-corrected chi connectivity index (χ0v) is 14.0. The van der Waals surface area contributed by atoms with Crippen LogP contribution in [-0.2, 0) is 9.84 Å². The first kappa shape index (κ1) is 15.8. The summed E-state index contributed by atoms with van der Waals surface area (Å²) in [7, 11) is -3.52. The van der Waals surface area contributed by atoms with Crippen LogP contribution in [0, 0.1) is 0 Å². The Labute approximate surface area is 144 Å². The molecule has 0 fully saturated rings. The normalized spacial score (nSPS) is 12.0. The van der Waals surface area contributed by atoms with E-state index >= 15 is 0 Å². The molecule has 4 rings (SSSR count). The zero-order chi connectivity index (χ0) is 17.4. The third-order valence-corrected chi connectivity index (χ3v) is 5.77. The van der Waals surface area contributed by atoms with Gasteiger partial charge in [0, 0.05) is 5.56 Å². The molecule has 1 N–H and O–H groups in total. The Balaban J connectivity index is 1.80. The molecule has 0 atom stereocenters. The fourth-order valence-corrected chi connectivity index (χ4v) is 3.83. The Morgan fingerprint density at radius 3 is 2.56 bits per heavy atom. The van der Waals surface area contributed by atoms with E-state index in [1.807, 2.05) is 42.5 Å². The summed E-state index contributed by atoms with van der Waals surface area (Å²) in [5.41, 5.74) is 1.82. The maximum atomic E-state index is 12.1. The quantitative estimate of drug-likeness (QED) is 0.608. The number of sulfone groups is 1. The van der Waals surface area contributed by atoms with E-state index in [0.29, 0.717) is 17.0 Å². The predicted octanol–water partition coefficient (Wildman–Crippen LogP) is 3.41. The number of oxazole rings is 1. The highest BCUT2D eigenvalue weighted by Gasteiger charge is 2.16. The van der Waals surface area contributed by atoms with Crippen LogP contribution in [0.3, 0.4) is 0 Å². The second-order valence-electron chi connectivity index (χ2n) is 5.75. The lowest BCUT2D eigenvalue weighted by atomic mass is 10.1. The molecule has 0 aliphatic carbocycles. The van der Waals surface area contributed by atoms with E-state index in [1.54, 1.807) is 6.07 Å². The van der Waals surface area contributed by atoms with Gasteiger partial charge in [-0.25, -0.2) is 13.4 Å². The van der Waals surface area contributed by atoms with Crippen LogP contribution in [0.1, 0.15) is 0 Å². The molecule has 25 heavy (non-hydrogen) atoms. The van der Waals surface area contributed by atoms with Crippen LogP contribution in [0.15, 0.2) is 70.0 Å². The summed E-state index contributed by atoms with van der Waals surface area (Å²) in [5.74, 6) is 0.130. The summed E-state index contributed by atoms with van der Waals surface area (Å²) in [6.07, 6.45) is 0. The molecule has 0 amide bonds. The Morgan fingerprint density at radius 1 is 0.960 bits per heavy atom. The van der Waals surface area contributed by atoms with Crippen molar-refractivity contribution in [1.29, 1.82) is 0 Å². The van der Waals surface area contributed by atoms with Gasteiger partial charge in [-0.3, -0.25) is 0 Å². The third-order valence-electron chi connectivity index (χ3n) is 4.07. The van der Waals surface area contributed by atoms with Crippen molar-refractivity contribution >= 4 is 31.7 Å². The van der Waals surface area contributed by atoms with E-state index < -0.39 is 16.4 Å². The van der Waals surface area contributed by atoms with Gasteiger partial charge in [0.05, 0.1) is 17.3 Å². The van der Waals surface area contributed by atoms with Crippen molar-refractivity contribution in [3.05, 3.63) is 60.7 Å². The number of nitrogens with zero attached hydrogens (tertiary/aromatic N) is 1. The lowest BCUT2D eigenvalue weighted by Gasteiger charge is -2.01. The van der Waals surface area contributed by atoms with Gasteiger partial charge in [0.15, 0.2) is 15.4 Å². The highest BCUT2D eigenvalue weighted by molar-refractivity contribution is 7.91. The lowest BCUT2D eigenvalue weighted by Crippen LogP contribution is -2.09. The summed E-state index contributed by atoms with van der Waals surface area (Å²) in [6.45, 7) is -0.415. The van der Waals surface area contributed by atoms with E-state index in [0.717, 1.165) is 16.3 Å². The Bertz CT molecular complexity index is 1180. The number of fused-ring (bicyclic) bond motifs is 2. The molecule has 5 nitrogen and oxygen atoms in total. The van der Waals surface area contributed by atoms with Crippen LogP contribution >= 0.6 is 0 Å². The van der Waals surface area contributed by atoms with Gasteiger partial charge in [0.25, 0.3) is 0 Å². The van der Waals surface area contributed by atoms with Crippen LogP contribution in [0.25, 0.3) is 33.3 Å². The Kier molecular flexibility index (Phi) is 3.78. The molecule has 6 heteroatoms. The molecule has 4 aromatic rings. The lowest BCUT2D eigenvalue weighted by molar-refractivity contribution is 0.319. The molecule has 0 unspecified atom stereocenters. The number of hydrogen-bond acceptors (Lipinski definition) is 5. The van der Waals surface area contributed by atoms with Crippen molar-refractivity contribution in [3.63, 3.8) is 0 Å². The van der Waals surface area contributed by atoms with E-state index in [2.05, 4.69) is 4.98 Å². The summed E-state index contributed by atoms with van der Waals surface area (Å²) < 4.78 is 29.9. The van der Waals surface area contributed by atoms with Gasteiger partial charge in [0.2, 0.25) is 5.89 Å². The molecular weight excluding hydrogens is 338 g/mol. The average Bonchev–Trinajstić information content (AvgIpc) is 3.04. The van der Waals surface area contributed by atoms with E-state index in [1.165, 1.54) is 12.1 Å². The van der Waals surface area contributed by atoms with E-state index in [-0.39, 0.29) is 10.6 Å². The number of aliphatic hydroxyl groups is 1. The minimum absolute atomic E-state index is 0.132. The average molecular weight is 353 g/mol. The summed E-state index contributed by atoms with van der Waals surface area (Å²) >= 11 is 0. The van der Waals surface area contributed by atoms with E-state index in [4.69, 9.17) is 9.52 Å². The monoisotopic (exact) mass is 353 g/mol. The van der Waals surface area contributed by atoms with Crippen molar-refractivity contribution in [2.24, 2.45) is 0 Å². The highest BCUT2D eigenvalue weighted by atomic mass is 32.2. The molecule has 0 radical (unpaired) electrons. The van der Waals surface area contributed by atoms with Gasteiger partial charge in [-0.15, -0.1) is 0 Å². The maximum Gasteiger partial charge on any atom is 0.227 e. The van der Waals surface area contributed by atoms with Crippen LogP contribution < -0.4 is 0 Å². The molecular formula is C19H15NO4S. The molecule has 0 saturated carbocycles. The maximum absolute atomic E-state index is 12.1. The van der Waals surface area contributed by atoms with Crippen molar-refractivity contribution in [1.82, 2.24) is 4.98 Å². The molecule has 0 aliphatic heterocycles. The van der Waals surface area contributed by atoms with Gasteiger partial charge in [-0.2, -0.15) is 0 Å². The fourth-order valence-electron chi connectivity index (χ4n) is 2.78. The molecule has 0 saturated heterocycles. The summed E-state index contributed by atoms with van der Waals surface area (Å²) in [6, 6.07) is 18.5. The second kappa shape index (κ2) is 5.98. The molecule has 1 aromatic heterocycles. The predicted molar refractivity (Wildman–Crippen MR) is 96.1 cm³/mol. The number of hydrogen-bond donors (Lipinski definition) is 1. The minimum atomic E-state index is -3.52. The first-order chi connectivity index (χ1) is 12.1. The van der Waals surface area contributed by atoms with Gasteiger partial charge >= 0.3 is 0 Å². The van der Waals surface area contributed by atoms with Gasteiger partial charge < -0.3 is 9.52 Å². The zero-order valence-electron chi connectivity index (χ0n) is 13.2. The Morgan fingerprint density at radius 2 is 1.76 bits per heavy atom. The van der Waals surface area contributed by atoms with Crippen molar-refractivity contribution in [2.45, 2.75) is 4.90 Å². The van der Waals surface area contributed by atoms with Crippen molar-refractivity contribution in [2.75, 3.05) is 12.4 Å². The molecule has 0 bridgehead atoms. The van der Waals surface area contributed by atoms with Crippen LogP contribution in [0.5, 0.6) is 0 Å². The topological polar surface area (TPSA) is 80.4 Å². The second-order valence-corrected chi connectivity index (χ2v) is 7.86. The van der Waals surface area contributed by atoms with Gasteiger partial charge in [-0.05, 0) is 41.1 Å². The molecule has 126 valence electrons. The fraction of sp³-hybridized carbons (Fsp3) is 0.105. The minimum Gasteiger partial charge on any atom is -0.436 e. The number of benzene rings is 3. The first-order valence-electron chi connectivity index (χ1n) is 7.80. The number of aromatic nitrogens is 1. The smallest absolute Gasteiger partial charge is 0.227 e. The molecule has 0 aliphatic rings. The highest BCUT2D eigenvalue weighted by Crippen LogP contribution is 2.28. The summed E-state index contributed by atoms with van der Waals surface area (Å²) in [5, 5.41) is 11.1. The van der Waals surface area contributed by atoms with E-state index in [9.17, 15) is 8.42 Å². The summed E-state index contributed by atoms with van der Waals surface area (Å²) in [4.78, 5) is 4.56. The van der Waals surface area contributed by atoms with Crippen molar-refractivity contribution < 1.29 is 17.9 Å². The number of aliphatic hydroxyl groups excluding tert-OH is 1.